The highest BCUT2D eigenvalue weighted by Crippen LogP contribution is 2.33. The monoisotopic (exact) mass is 311 g/mol. The van der Waals surface area contributed by atoms with Crippen LogP contribution in [0.25, 0.3) is 0 Å². The van der Waals surface area contributed by atoms with E-state index in [9.17, 15) is 4.79 Å². The molecule has 0 aliphatic carbocycles. The first-order valence-electron chi connectivity index (χ1n) is 8.41. The van der Waals surface area contributed by atoms with Crippen LogP contribution >= 0.6 is 0 Å². The van der Waals surface area contributed by atoms with E-state index >= 15 is 0 Å². The number of urea groups is 1. The number of hydrogen-bond donors (Lipinski definition) is 1. The molecule has 0 fully saturated rings. The molecular formula is C19H25N3O. The summed E-state index contributed by atoms with van der Waals surface area (Å²) in [4.78, 5) is 14.4. The Hall–Kier alpha value is -2.23. The summed E-state index contributed by atoms with van der Waals surface area (Å²) in [6.07, 6.45) is 2.10. The van der Waals surface area contributed by atoms with E-state index in [4.69, 9.17) is 0 Å². The van der Waals surface area contributed by atoms with Gasteiger partial charge in [0, 0.05) is 31.5 Å². The van der Waals surface area contributed by atoms with Crippen molar-refractivity contribution in [1.29, 1.82) is 0 Å². The van der Waals surface area contributed by atoms with Crippen molar-refractivity contribution in [1.82, 2.24) is 14.8 Å². The fraction of sp³-hybridized carbons (Fsp3) is 0.421. The molecule has 1 aliphatic rings. The van der Waals surface area contributed by atoms with E-state index in [1.807, 2.05) is 11.8 Å². The van der Waals surface area contributed by atoms with Gasteiger partial charge in [-0.05, 0) is 36.1 Å². The number of amides is 2. The Kier molecular flexibility index (Phi) is 4.42. The number of carbonyl (C=O) groups is 1. The van der Waals surface area contributed by atoms with Crippen LogP contribution in [0.3, 0.4) is 0 Å². The Morgan fingerprint density at radius 1 is 1.22 bits per heavy atom. The van der Waals surface area contributed by atoms with Gasteiger partial charge in [-0.3, -0.25) is 0 Å². The molecule has 2 heterocycles. The van der Waals surface area contributed by atoms with Crippen LogP contribution in [-0.4, -0.2) is 28.6 Å². The third-order valence-electron chi connectivity index (χ3n) is 4.55. The van der Waals surface area contributed by atoms with Gasteiger partial charge in [-0.1, -0.05) is 38.1 Å². The summed E-state index contributed by atoms with van der Waals surface area (Å²) in [6.45, 7) is 8.57. The summed E-state index contributed by atoms with van der Waals surface area (Å²) in [5, 5.41) is 2.95. The maximum Gasteiger partial charge on any atom is 0.318 e. The minimum Gasteiger partial charge on any atom is -0.348 e. The first-order valence-corrected chi connectivity index (χ1v) is 8.41. The minimum atomic E-state index is -0.0217. The Balaban J connectivity index is 1.98. The fourth-order valence-corrected chi connectivity index (χ4v) is 3.27. The lowest BCUT2D eigenvalue weighted by Gasteiger charge is -2.37. The van der Waals surface area contributed by atoms with Crippen LogP contribution in [-0.2, 0) is 6.54 Å². The third-order valence-corrected chi connectivity index (χ3v) is 4.55. The van der Waals surface area contributed by atoms with Gasteiger partial charge in [0.25, 0.3) is 0 Å². The van der Waals surface area contributed by atoms with Gasteiger partial charge in [0.1, 0.15) is 0 Å². The summed E-state index contributed by atoms with van der Waals surface area (Å²) < 4.78 is 2.25. The zero-order valence-electron chi connectivity index (χ0n) is 14.1. The zero-order valence-corrected chi connectivity index (χ0v) is 14.1. The fourth-order valence-electron chi connectivity index (χ4n) is 3.27. The smallest absolute Gasteiger partial charge is 0.318 e. The quantitative estimate of drug-likeness (QED) is 0.921. The van der Waals surface area contributed by atoms with Gasteiger partial charge in [-0.2, -0.15) is 0 Å². The van der Waals surface area contributed by atoms with Crippen LogP contribution in [0.5, 0.6) is 0 Å². The second-order valence-electron chi connectivity index (χ2n) is 6.38. The molecule has 4 heteroatoms. The molecule has 3 rings (SSSR count). The van der Waals surface area contributed by atoms with Crippen LogP contribution in [0.2, 0.25) is 0 Å². The predicted octanol–water partition coefficient (Wildman–Crippen LogP) is 3.75. The number of benzene rings is 1. The third kappa shape index (κ3) is 2.98. The van der Waals surface area contributed by atoms with E-state index < -0.39 is 0 Å². The molecule has 122 valence electrons. The number of nitrogens with one attached hydrogen (secondary N) is 1. The van der Waals surface area contributed by atoms with Crippen molar-refractivity contribution in [2.45, 2.75) is 39.3 Å². The average molecular weight is 311 g/mol. The highest BCUT2D eigenvalue weighted by atomic mass is 16.2. The number of rotatable bonds is 3. The Morgan fingerprint density at radius 2 is 1.96 bits per heavy atom. The summed E-state index contributed by atoms with van der Waals surface area (Å²) in [5.74, 6) is 0.513. The lowest BCUT2D eigenvalue weighted by Crippen LogP contribution is -2.47. The summed E-state index contributed by atoms with van der Waals surface area (Å²) in [6, 6.07) is 12.8. The van der Waals surface area contributed by atoms with Crippen molar-refractivity contribution < 1.29 is 4.79 Å². The molecule has 1 aromatic heterocycles. The van der Waals surface area contributed by atoms with Crippen molar-refractivity contribution in [3.05, 3.63) is 59.4 Å². The molecule has 1 unspecified atom stereocenters. The summed E-state index contributed by atoms with van der Waals surface area (Å²) >= 11 is 0. The normalized spacial score (nSPS) is 17.2. The molecule has 0 radical (unpaired) electrons. The summed E-state index contributed by atoms with van der Waals surface area (Å²) in [7, 11) is 0. The van der Waals surface area contributed by atoms with Crippen LogP contribution in [0, 0.1) is 0 Å². The highest BCUT2D eigenvalue weighted by molar-refractivity contribution is 5.75. The second kappa shape index (κ2) is 6.49. The van der Waals surface area contributed by atoms with Crippen molar-refractivity contribution in [2.75, 3.05) is 13.1 Å². The van der Waals surface area contributed by atoms with Crippen molar-refractivity contribution in [2.24, 2.45) is 0 Å². The number of fused-ring (bicyclic) bond motifs is 1. The summed E-state index contributed by atoms with van der Waals surface area (Å²) in [5.41, 5.74) is 3.67. The molecule has 2 amide bonds. The Labute approximate surface area is 138 Å². The zero-order chi connectivity index (χ0) is 16.4. The van der Waals surface area contributed by atoms with E-state index in [1.54, 1.807) is 0 Å². The molecule has 0 saturated carbocycles. The molecule has 4 nitrogen and oxygen atoms in total. The van der Waals surface area contributed by atoms with Crippen LogP contribution in [0.4, 0.5) is 4.79 Å². The van der Waals surface area contributed by atoms with Crippen molar-refractivity contribution in [3.8, 4) is 0 Å². The van der Waals surface area contributed by atoms with E-state index in [0.29, 0.717) is 12.5 Å². The molecule has 1 aliphatic heterocycles. The van der Waals surface area contributed by atoms with Crippen molar-refractivity contribution in [3.63, 3.8) is 0 Å². The van der Waals surface area contributed by atoms with Gasteiger partial charge in [-0.25, -0.2) is 4.79 Å². The van der Waals surface area contributed by atoms with E-state index in [1.165, 1.54) is 16.8 Å². The Bertz CT molecular complexity index is 672. The first-order chi connectivity index (χ1) is 11.1. The minimum absolute atomic E-state index is 0.0119. The van der Waals surface area contributed by atoms with E-state index in [-0.39, 0.29) is 12.1 Å². The number of hydrogen-bond acceptors (Lipinski definition) is 1. The maximum absolute atomic E-state index is 12.5. The molecule has 2 aromatic rings. The van der Waals surface area contributed by atoms with Gasteiger partial charge >= 0.3 is 6.03 Å². The highest BCUT2D eigenvalue weighted by Gasteiger charge is 2.31. The molecule has 1 N–H and O–H groups in total. The van der Waals surface area contributed by atoms with Gasteiger partial charge in [0.05, 0.1) is 6.04 Å². The van der Waals surface area contributed by atoms with Gasteiger partial charge < -0.3 is 14.8 Å². The average Bonchev–Trinajstić information content (AvgIpc) is 3.02. The van der Waals surface area contributed by atoms with Crippen LogP contribution < -0.4 is 5.32 Å². The van der Waals surface area contributed by atoms with Gasteiger partial charge in [-0.15, -0.1) is 0 Å². The molecule has 0 saturated heterocycles. The SMILES string of the molecule is CCNC(=O)N1CCn2cccc2C1c1ccc(C(C)C)cc1. The first kappa shape index (κ1) is 15.7. The van der Waals surface area contributed by atoms with Crippen molar-refractivity contribution >= 4 is 6.03 Å². The van der Waals surface area contributed by atoms with Crippen LogP contribution in [0.1, 0.15) is 49.6 Å². The van der Waals surface area contributed by atoms with Gasteiger partial charge in [0.2, 0.25) is 0 Å². The van der Waals surface area contributed by atoms with E-state index in [0.717, 1.165) is 13.1 Å². The molecule has 0 spiro atoms. The predicted molar refractivity (Wildman–Crippen MR) is 92.6 cm³/mol. The molecule has 1 aromatic carbocycles. The second-order valence-corrected chi connectivity index (χ2v) is 6.38. The largest absolute Gasteiger partial charge is 0.348 e. The van der Waals surface area contributed by atoms with E-state index in [2.05, 4.69) is 66.3 Å². The topological polar surface area (TPSA) is 37.3 Å². The van der Waals surface area contributed by atoms with Gasteiger partial charge in [0.15, 0.2) is 0 Å². The molecular weight excluding hydrogens is 286 g/mol. The van der Waals surface area contributed by atoms with Crippen LogP contribution in [0.15, 0.2) is 42.6 Å². The maximum atomic E-state index is 12.5. The number of aromatic nitrogens is 1. The molecule has 0 bridgehead atoms. The molecule has 23 heavy (non-hydrogen) atoms. The standard InChI is InChI=1S/C19H25N3O/c1-4-20-19(23)22-13-12-21-11-5-6-17(21)18(22)16-9-7-15(8-10-16)14(2)3/h5-11,14,18H,4,12-13H2,1-3H3,(H,20,23). The molecule has 1 atom stereocenters. The number of carbonyl (C=O) groups excluding carboxylic acids is 1. The Morgan fingerprint density at radius 3 is 2.61 bits per heavy atom. The lowest BCUT2D eigenvalue weighted by molar-refractivity contribution is 0.169. The number of nitrogens with zero attached hydrogens (tertiary/aromatic N) is 2. The lowest BCUT2D eigenvalue weighted by atomic mass is 9.96.